The summed E-state index contributed by atoms with van der Waals surface area (Å²) in [6.07, 6.45) is 4.64. The van der Waals surface area contributed by atoms with Gasteiger partial charge in [-0.3, -0.25) is 4.79 Å². The first-order valence-electron chi connectivity index (χ1n) is 6.10. The summed E-state index contributed by atoms with van der Waals surface area (Å²) in [4.78, 5) is 11.8. The lowest BCUT2D eigenvalue weighted by molar-refractivity contribution is 0.0979. The van der Waals surface area contributed by atoms with Gasteiger partial charge in [-0.25, -0.2) is 0 Å². The van der Waals surface area contributed by atoms with Gasteiger partial charge in [0.2, 0.25) is 0 Å². The maximum Gasteiger partial charge on any atom is 0.162 e. The predicted molar refractivity (Wildman–Crippen MR) is 67.7 cm³/mol. The van der Waals surface area contributed by atoms with Crippen LogP contribution >= 0.6 is 0 Å². The number of carbonyl (C=O) groups is 1. The first-order valence-corrected chi connectivity index (χ1v) is 6.10. The number of carbonyl (C=O) groups excluding carboxylic acids is 1. The van der Waals surface area contributed by atoms with Crippen LogP contribution in [-0.2, 0) is 6.42 Å². The van der Waals surface area contributed by atoms with E-state index < -0.39 is 0 Å². The molecule has 0 radical (unpaired) electrons. The van der Waals surface area contributed by atoms with Crippen LogP contribution in [0.15, 0.2) is 24.3 Å². The van der Waals surface area contributed by atoms with E-state index in [4.69, 9.17) is 5.73 Å². The van der Waals surface area contributed by atoms with Gasteiger partial charge in [-0.1, -0.05) is 31.5 Å². The molecule has 0 aliphatic rings. The topological polar surface area (TPSA) is 43.1 Å². The van der Waals surface area contributed by atoms with Crippen molar-refractivity contribution in [1.82, 2.24) is 0 Å². The molecule has 88 valence electrons. The Bertz CT molecular complexity index is 333. The van der Waals surface area contributed by atoms with E-state index in [9.17, 15) is 4.79 Å². The normalized spacial score (nSPS) is 10.4. The van der Waals surface area contributed by atoms with Crippen LogP contribution in [0, 0.1) is 0 Å². The average molecular weight is 219 g/mol. The van der Waals surface area contributed by atoms with Crippen LogP contribution in [0.3, 0.4) is 0 Å². The molecule has 0 bridgehead atoms. The Morgan fingerprint density at radius 3 is 2.75 bits per heavy atom. The van der Waals surface area contributed by atoms with E-state index in [2.05, 4.69) is 13.0 Å². The van der Waals surface area contributed by atoms with Crippen LogP contribution in [0.2, 0.25) is 0 Å². The van der Waals surface area contributed by atoms with Gasteiger partial charge in [-0.05, 0) is 37.4 Å². The molecule has 0 saturated carbocycles. The summed E-state index contributed by atoms with van der Waals surface area (Å²) in [5.41, 5.74) is 7.49. The highest BCUT2D eigenvalue weighted by Crippen LogP contribution is 2.10. The van der Waals surface area contributed by atoms with Crippen molar-refractivity contribution in [3.05, 3.63) is 35.4 Å². The van der Waals surface area contributed by atoms with Crippen molar-refractivity contribution in [2.45, 2.75) is 39.0 Å². The Morgan fingerprint density at radius 1 is 1.25 bits per heavy atom. The molecule has 2 nitrogen and oxygen atoms in total. The number of rotatable bonds is 7. The van der Waals surface area contributed by atoms with Crippen molar-refractivity contribution < 1.29 is 4.79 Å². The van der Waals surface area contributed by atoms with E-state index in [0.29, 0.717) is 6.42 Å². The second-order valence-electron chi connectivity index (χ2n) is 4.08. The molecule has 0 fully saturated rings. The van der Waals surface area contributed by atoms with E-state index in [1.165, 1.54) is 5.56 Å². The highest BCUT2D eigenvalue weighted by molar-refractivity contribution is 5.96. The number of benzene rings is 1. The Balaban J connectivity index is 2.46. The summed E-state index contributed by atoms with van der Waals surface area (Å²) in [5, 5.41) is 0. The van der Waals surface area contributed by atoms with Crippen molar-refractivity contribution in [3.63, 3.8) is 0 Å². The lowest BCUT2D eigenvalue weighted by Crippen LogP contribution is -2.01. The van der Waals surface area contributed by atoms with Crippen LogP contribution in [0.4, 0.5) is 0 Å². The fourth-order valence-electron chi connectivity index (χ4n) is 1.72. The van der Waals surface area contributed by atoms with Crippen LogP contribution in [0.1, 0.15) is 48.5 Å². The SMILES string of the molecule is CCc1cccc(C(=O)CCCCCN)c1. The molecule has 16 heavy (non-hydrogen) atoms. The van der Waals surface area contributed by atoms with Crippen molar-refractivity contribution in [2.24, 2.45) is 5.73 Å². The van der Waals surface area contributed by atoms with Crippen LogP contribution in [0.5, 0.6) is 0 Å². The van der Waals surface area contributed by atoms with E-state index in [1.54, 1.807) is 0 Å². The van der Waals surface area contributed by atoms with Gasteiger partial charge in [0, 0.05) is 12.0 Å². The maximum atomic E-state index is 11.8. The fourth-order valence-corrected chi connectivity index (χ4v) is 1.72. The predicted octanol–water partition coefficient (Wildman–Crippen LogP) is 2.95. The fraction of sp³-hybridized carbons (Fsp3) is 0.500. The highest BCUT2D eigenvalue weighted by atomic mass is 16.1. The first kappa shape index (κ1) is 12.9. The summed E-state index contributed by atoms with van der Waals surface area (Å²) < 4.78 is 0. The van der Waals surface area contributed by atoms with Gasteiger partial charge in [0.1, 0.15) is 0 Å². The Hall–Kier alpha value is -1.15. The van der Waals surface area contributed by atoms with Gasteiger partial charge in [0.25, 0.3) is 0 Å². The molecule has 0 unspecified atom stereocenters. The van der Waals surface area contributed by atoms with Gasteiger partial charge >= 0.3 is 0 Å². The first-order chi connectivity index (χ1) is 7.77. The zero-order chi connectivity index (χ0) is 11.8. The summed E-state index contributed by atoms with van der Waals surface area (Å²) in [5.74, 6) is 0.257. The third kappa shape index (κ3) is 4.15. The second-order valence-corrected chi connectivity index (χ2v) is 4.08. The lowest BCUT2D eigenvalue weighted by atomic mass is 10.0. The number of hydrogen-bond donors (Lipinski definition) is 1. The van der Waals surface area contributed by atoms with E-state index >= 15 is 0 Å². The van der Waals surface area contributed by atoms with Crippen molar-refractivity contribution in [2.75, 3.05) is 6.54 Å². The molecule has 0 aliphatic carbocycles. The molecule has 2 N–H and O–H groups in total. The monoisotopic (exact) mass is 219 g/mol. The number of hydrogen-bond acceptors (Lipinski definition) is 2. The molecule has 0 aliphatic heterocycles. The van der Waals surface area contributed by atoms with E-state index in [-0.39, 0.29) is 5.78 Å². The largest absolute Gasteiger partial charge is 0.330 e. The molecule has 1 aromatic carbocycles. The molecular formula is C14H21NO. The van der Waals surface area contributed by atoms with Gasteiger partial charge in [-0.15, -0.1) is 0 Å². The zero-order valence-electron chi connectivity index (χ0n) is 10.0. The molecule has 1 aromatic rings. The summed E-state index contributed by atoms with van der Waals surface area (Å²) >= 11 is 0. The van der Waals surface area contributed by atoms with Gasteiger partial charge in [-0.2, -0.15) is 0 Å². The summed E-state index contributed by atoms with van der Waals surface area (Å²) in [7, 11) is 0. The number of unbranched alkanes of at least 4 members (excludes halogenated alkanes) is 2. The van der Waals surface area contributed by atoms with Crippen molar-refractivity contribution in [1.29, 1.82) is 0 Å². The molecule has 0 amide bonds. The molecule has 0 spiro atoms. The zero-order valence-corrected chi connectivity index (χ0v) is 10.0. The minimum atomic E-state index is 0.257. The summed E-state index contributed by atoms with van der Waals surface area (Å²) in [6, 6.07) is 7.94. The smallest absolute Gasteiger partial charge is 0.162 e. The maximum absolute atomic E-state index is 11.8. The highest BCUT2D eigenvalue weighted by Gasteiger charge is 2.05. The Morgan fingerprint density at radius 2 is 2.06 bits per heavy atom. The third-order valence-electron chi connectivity index (χ3n) is 2.77. The Labute approximate surface area is 97.9 Å². The molecule has 0 saturated heterocycles. The minimum Gasteiger partial charge on any atom is -0.330 e. The van der Waals surface area contributed by atoms with Gasteiger partial charge in [0.15, 0.2) is 5.78 Å². The van der Waals surface area contributed by atoms with Crippen molar-refractivity contribution in [3.8, 4) is 0 Å². The lowest BCUT2D eigenvalue weighted by Gasteiger charge is -2.03. The molecule has 0 atom stereocenters. The minimum absolute atomic E-state index is 0.257. The molecule has 0 heterocycles. The average Bonchev–Trinajstić information content (AvgIpc) is 2.34. The van der Waals surface area contributed by atoms with Gasteiger partial charge in [0.05, 0.1) is 0 Å². The number of Topliss-reactive ketones (excluding diaryl/α,β-unsaturated/α-hetero) is 1. The summed E-state index contributed by atoms with van der Waals surface area (Å²) in [6.45, 7) is 2.82. The van der Waals surface area contributed by atoms with E-state index in [0.717, 1.165) is 37.8 Å². The molecule has 1 rings (SSSR count). The Kier molecular flexibility index (Phi) is 5.79. The third-order valence-corrected chi connectivity index (χ3v) is 2.77. The molecular weight excluding hydrogens is 198 g/mol. The van der Waals surface area contributed by atoms with Crippen molar-refractivity contribution >= 4 is 5.78 Å². The quantitative estimate of drug-likeness (QED) is 0.566. The van der Waals surface area contributed by atoms with Crippen LogP contribution < -0.4 is 5.73 Å². The van der Waals surface area contributed by atoms with Gasteiger partial charge < -0.3 is 5.73 Å². The molecule has 0 aromatic heterocycles. The number of ketones is 1. The van der Waals surface area contributed by atoms with Crippen LogP contribution in [0.25, 0.3) is 0 Å². The standard InChI is InChI=1S/C14H21NO/c1-2-12-7-6-8-13(11-12)14(16)9-4-3-5-10-15/h6-8,11H,2-5,9-10,15H2,1H3. The molecule has 2 heteroatoms. The number of aryl methyl sites for hydroxylation is 1. The van der Waals surface area contributed by atoms with E-state index in [1.807, 2.05) is 18.2 Å². The second kappa shape index (κ2) is 7.18. The van der Waals surface area contributed by atoms with Crippen LogP contribution in [-0.4, -0.2) is 12.3 Å². The number of nitrogens with two attached hydrogens (primary N) is 1.